The summed E-state index contributed by atoms with van der Waals surface area (Å²) in [6.07, 6.45) is 1.98. The highest BCUT2D eigenvalue weighted by Gasteiger charge is 2.04. The summed E-state index contributed by atoms with van der Waals surface area (Å²) in [7, 11) is 0. The van der Waals surface area contributed by atoms with E-state index >= 15 is 0 Å². The van der Waals surface area contributed by atoms with Crippen LogP contribution >= 0.6 is 0 Å². The van der Waals surface area contributed by atoms with E-state index in [9.17, 15) is 19.7 Å². The average Bonchev–Trinajstić information content (AvgIpc) is 2.26. The van der Waals surface area contributed by atoms with Crippen LogP contribution in [0.4, 0.5) is 5.69 Å². The van der Waals surface area contributed by atoms with Crippen molar-refractivity contribution in [2.45, 2.75) is 6.42 Å². The number of carboxylic acid groups (broad SMARTS) is 1. The molecule has 0 saturated carbocycles. The second-order valence-electron chi connectivity index (χ2n) is 3.22. The van der Waals surface area contributed by atoms with Crippen molar-refractivity contribution in [2.24, 2.45) is 0 Å². The Balaban J connectivity index is 2.69. The summed E-state index contributed by atoms with van der Waals surface area (Å²) in [6, 6.07) is 5.56. The fraction of sp³-hybridized carbons (Fsp3) is 0.0909. The first-order valence-electron chi connectivity index (χ1n) is 4.66. The lowest BCUT2D eigenvalue weighted by Gasteiger charge is -1.93. The maximum Gasteiger partial charge on any atom is 0.311 e. The lowest BCUT2D eigenvalue weighted by atomic mass is 10.1. The number of ketones is 1. The molecule has 0 amide bonds. The summed E-state index contributed by atoms with van der Waals surface area (Å²) < 4.78 is 0. The molecule has 0 aliphatic carbocycles. The van der Waals surface area contributed by atoms with E-state index < -0.39 is 23.1 Å². The first-order chi connectivity index (χ1) is 7.99. The molecule has 0 atom stereocenters. The molecule has 1 N–H and O–H groups in total. The van der Waals surface area contributed by atoms with E-state index in [-0.39, 0.29) is 5.69 Å². The van der Waals surface area contributed by atoms with Crippen LogP contribution < -0.4 is 0 Å². The molecule has 0 bridgehead atoms. The number of rotatable bonds is 5. The quantitative estimate of drug-likeness (QED) is 0.362. The molecule has 0 aliphatic rings. The van der Waals surface area contributed by atoms with Crippen LogP contribution in [0.1, 0.15) is 12.0 Å². The van der Waals surface area contributed by atoms with Crippen LogP contribution in [0.3, 0.4) is 0 Å². The zero-order chi connectivity index (χ0) is 12.8. The van der Waals surface area contributed by atoms with E-state index in [2.05, 4.69) is 0 Å². The molecule has 0 radical (unpaired) electrons. The number of allylic oxidation sites excluding steroid dienone is 1. The minimum Gasteiger partial charge on any atom is -0.481 e. The highest BCUT2D eigenvalue weighted by atomic mass is 16.6. The van der Waals surface area contributed by atoms with E-state index in [1.165, 1.54) is 30.3 Å². The minimum absolute atomic E-state index is 0.0426. The number of carbonyl (C=O) groups excluding carboxylic acids is 1. The number of non-ortho nitro benzene ring substituents is 1. The van der Waals surface area contributed by atoms with Gasteiger partial charge in [-0.2, -0.15) is 0 Å². The van der Waals surface area contributed by atoms with Gasteiger partial charge >= 0.3 is 5.97 Å². The molecule has 6 nitrogen and oxygen atoms in total. The molecule has 1 aromatic rings. The molecule has 0 aromatic heterocycles. The van der Waals surface area contributed by atoms with Gasteiger partial charge < -0.3 is 5.11 Å². The number of carboxylic acids is 1. The lowest BCUT2D eigenvalue weighted by molar-refractivity contribution is -0.384. The third-order valence-electron chi connectivity index (χ3n) is 1.89. The van der Waals surface area contributed by atoms with Crippen LogP contribution in [0.2, 0.25) is 0 Å². The third-order valence-corrected chi connectivity index (χ3v) is 1.89. The number of hydrogen-bond donors (Lipinski definition) is 1. The highest BCUT2D eigenvalue weighted by Crippen LogP contribution is 2.12. The summed E-state index contributed by atoms with van der Waals surface area (Å²) in [5, 5.41) is 18.7. The standard InChI is InChI=1S/C11H9NO5/c13-10(7-11(14)15)6-3-8-1-4-9(5-2-8)12(16)17/h1-6H,7H2,(H,14,15). The predicted molar refractivity (Wildman–Crippen MR) is 59.4 cm³/mol. The molecule has 0 unspecified atom stereocenters. The average molecular weight is 235 g/mol. The molecule has 6 heteroatoms. The first kappa shape index (κ1) is 12.6. The van der Waals surface area contributed by atoms with Crippen LogP contribution in [-0.2, 0) is 9.59 Å². The molecule has 88 valence electrons. The van der Waals surface area contributed by atoms with Gasteiger partial charge in [0.25, 0.3) is 5.69 Å². The van der Waals surface area contributed by atoms with Gasteiger partial charge in [0, 0.05) is 12.1 Å². The molecule has 0 saturated heterocycles. The van der Waals surface area contributed by atoms with Gasteiger partial charge in [0.05, 0.1) is 4.92 Å². The predicted octanol–water partition coefficient (Wildman–Crippen LogP) is 1.65. The van der Waals surface area contributed by atoms with Crippen molar-refractivity contribution in [2.75, 3.05) is 0 Å². The van der Waals surface area contributed by atoms with E-state index in [0.29, 0.717) is 5.56 Å². The zero-order valence-electron chi connectivity index (χ0n) is 8.70. The van der Waals surface area contributed by atoms with Gasteiger partial charge in [-0.25, -0.2) is 0 Å². The molecule has 1 rings (SSSR count). The highest BCUT2D eigenvalue weighted by molar-refractivity contribution is 6.03. The summed E-state index contributed by atoms with van der Waals surface area (Å²) in [5.41, 5.74) is 0.549. The van der Waals surface area contributed by atoms with Gasteiger partial charge in [-0.3, -0.25) is 19.7 Å². The number of nitrogens with zero attached hydrogens (tertiary/aromatic N) is 1. The topological polar surface area (TPSA) is 97.5 Å². The smallest absolute Gasteiger partial charge is 0.311 e. The lowest BCUT2D eigenvalue weighted by Crippen LogP contribution is -2.02. The Kier molecular flexibility index (Phi) is 4.10. The van der Waals surface area contributed by atoms with E-state index in [4.69, 9.17) is 5.11 Å². The fourth-order valence-electron chi connectivity index (χ4n) is 1.10. The normalized spacial score (nSPS) is 10.4. The monoisotopic (exact) mass is 235 g/mol. The van der Waals surface area contributed by atoms with Crippen molar-refractivity contribution >= 4 is 23.5 Å². The molecule has 17 heavy (non-hydrogen) atoms. The number of hydrogen-bond acceptors (Lipinski definition) is 4. The van der Waals surface area contributed by atoms with E-state index in [1.807, 2.05) is 0 Å². The SMILES string of the molecule is O=C(O)CC(=O)C=Cc1ccc([N+](=O)[O-])cc1. The van der Waals surface area contributed by atoms with Gasteiger partial charge in [0.1, 0.15) is 6.42 Å². The Labute approximate surface area is 96.3 Å². The van der Waals surface area contributed by atoms with Crippen molar-refractivity contribution in [1.82, 2.24) is 0 Å². The van der Waals surface area contributed by atoms with Crippen LogP contribution in [0.25, 0.3) is 6.08 Å². The van der Waals surface area contributed by atoms with Crippen LogP contribution in [-0.4, -0.2) is 21.8 Å². The van der Waals surface area contributed by atoms with Crippen molar-refractivity contribution < 1.29 is 19.6 Å². The van der Waals surface area contributed by atoms with Gasteiger partial charge in [-0.05, 0) is 23.8 Å². The second kappa shape index (κ2) is 5.55. The molecule has 1 aromatic carbocycles. The molecule has 0 fully saturated rings. The van der Waals surface area contributed by atoms with Crippen molar-refractivity contribution in [3.63, 3.8) is 0 Å². The Morgan fingerprint density at radius 2 is 1.88 bits per heavy atom. The van der Waals surface area contributed by atoms with Crippen molar-refractivity contribution in [3.8, 4) is 0 Å². The Bertz CT molecular complexity index is 475. The summed E-state index contributed by atoms with van der Waals surface area (Å²) in [4.78, 5) is 31.1. The van der Waals surface area contributed by atoms with Crippen molar-refractivity contribution in [1.29, 1.82) is 0 Å². The number of nitro groups is 1. The molecular formula is C11H9NO5. The van der Waals surface area contributed by atoms with Crippen LogP contribution in [0.5, 0.6) is 0 Å². The Morgan fingerprint density at radius 3 is 2.35 bits per heavy atom. The maximum atomic E-state index is 11.0. The van der Waals surface area contributed by atoms with Gasteiger partial charge in [0.15, 0.2) is 5.78 Å². The zero-order valence-corrected chi connectivity index (χ0v) is 8.70. The van der Waals surface area contributed by atoms with E-state index in [0.717, 1.165) is 6.08 Å². The van der Waals surface area contributed by atoms with Gasteiger partial charge in [-0.1, -0.05) is 6.08 Å². The summed E-state index contributed by atoms with van der Waals surface area (Å²) in [5.74, 6) is -1.72. The van der Waals surface area contributed by atoms with Gasteiger partial charge in [-0.15, -0.1) is 0 Å². The third kappa shape index (κ3) is 4.25. The van der Waals surface area contributed by atoms with Crippen LogP contribution in [0, 0.1) is 10.1 Å². The number of nitro benzene ring substituents is 1. The maximum absolute atomic E-state index is 11.0. The van der Waals surface area contributed by atoms with Gasteiger partial charge in [0.2, 0.25) is 0 Å². The number of carbonyl (C=O) groups is 2. The Hall–Kier alpha value is -2.50. The number of benzene rings is 1. The largest absolute Gasteiger partial charge is 0.481 e. The van der Waals surface area contributed by atoms with E-state index in [1.54, 1.807) is 0 Å². The fourth-order valence-corrected chi connectivity index (χ4v) is 1.10. The van der Waals surface area contributed by atoms with Crippen molar-refractivity contribution in [3.05, 3.63) is 46.0 Å². The molecule has 0 aliphatic heterocycles. The molecule has 0 heterocycles. The Morgan fingerprint density at radius 1 is 1.29 bits per heavy atom. The number of aliphatic carboxylic acids is 1. The summed E-state index contributed by atoms with van der Waals surface area (Å²) >= 11 is 0. The summed E-state index contributed by atoms with van der Waals surface area (Å²) in [6.45, 7) is 0. The second-order valence-corrected chi connectivity index (χ2v) is 3.22. The molecule has 0 spiro atoms. The first-order valence-corrected chi connectivity index (χ1v) is 4.66. The molecular weight excluding hydrogens is 226 g/mol. The minimum atomic E-state index is -1.19. The van der Waals surface area contributed by atoms with Crippen LogP contribution in [0.15, 0.2) is 30.3 Å².